The summed E-state index contributed by atoms with van der Waals surface area (Å²) in [5.41, 5.74) is 0.684. The van der Waals surface area contributed by atoms with Gasteiger partial charge in [-0.2, -0.15) is 0 Å². The second-order valence-corrected chi connectivity index (χ2v) is 6.99. The summed E-state index contributed by atoms with van der Waals surface area (Å²) in [5.74, 6) is 1.44. The Kier molecular flexibility index (Phi) is 7.70. The molecule has 6 heteroatoms. The molecular formula is C21H29NO5. The first kappa shape index (κ1) is 20.8. The molecule has 0 bridgehead atoms. The Morgan fingerprint density at radius 2 is 1.96 bits per heavy atom. The van der Waals surface area contributed by atoms with Crippen molar-refractivity contribution < 1.29 is 23.8 Å². The second-order valence-electron chi connectivity index (χ2n) is 6.99. The fourth-order valence-electron chi connectivity index (χ4n) is 3.35. The van der Waals surface area contributed by atoms with Gasteiger partial charge >= 0.3 is 5.97 Å². The molecule has 1 N–H and O–H groups in total. The van der Waals surface area contributed by atoms with Crippen LogP contribution in [0.25, 0.3) is 6.08 Å². The molecule has 6 nitrogen and oxygen atoms in total. The fourth-order valence-corrected chi connectivity index (χ4v) is 3.35. The largest absolute Gasteiger partial charge is 0.497 e. The molecule has 0 spiro atoms. The summed E-state index contributed by atoms with van der Waals surface area (Å²) >= 11 is 0. The normalized spacial score (nSPS) is 22.3. The van der Waals surface area contributed by atoms with Crippen molar-refractivity contribution in [3.63, 3.8) is 0 Å². The van der Waals surface area contributed by atoms with E-state index in [0.717, 1.165) is 12.8 Å². The Labute approximate surface area is 160 Å². The number of carbonyl (C=O) groups is 2. The summed E-state index contributed by atoms with van der Waals surface area (Å²) in [5, 5.41) is 2.98. The van der Waals surface area contributed by atoms with Crippen molar-refractivity contribution in [1.82, 2.24) is 5.32 Å². The van der Waals surface area contributed by atoms with Crippen LogP contribution in [0.15, 0.2) is 24.3 Å². The summed E-state index contributed by atoms with van der Waals surface area (Å²) in [7, 11) is 3.12. The molecule has 27 heavy (non-hydrogen) atoms. The van der Waals surface area contributed by atoms with Gasteiger partial charge < -0.3 is 19.5 Å². The van der Waals surface area contributed by atoms with Crippen LogP contribution in [0.3, 0.4) is 0 Å². The fraction of sp³-hybridized carbons (Fsp3) is 0.524. The van der Waals surface area contributed by atoms with Crippen molar-refractivity contribution in [3.05, 3.63) is 29.8 Å². The van der Waals surface area contributed by atoms with Crippen LogP contribution in [0.1, 0.15) is 38.7 Å². The third kappa shape index (κ3) is 6.01. The van der Waals surface area contributed by atoms with Crippen molar-refractivity contribution >= 4 is 18.0 Å². The number of ether oxygens (including phenoxy) is 3. The van der Waals surface area contributed by atoms with Crippen LogP contribution >= 0.6 is 0 Å². The first-order valence-corrected chi connectivity index (χ1v) is 9.30. The Hall–Kier alpha value is -2.50. The third-order valence-electron chi connectivity index (χ3n) is 5.23. The summed E-state index contributed by atoms with van der Waals surface area (Å²) in [6.45, 7) is 4.09. The van der Waals surface area contributed by atoms with Crippen LogP contribution in [-0.2, 0) is 14.3 Å². The maximum Gasteiger partial charge on any atom is 0.331 e. The SMILES string of the molecule is COc1ccc(OC)c(/C=C/C(=O)OCC(=O)N[C@@H]2CCC[C@@H](C)[C@H]2C)c1. The number of rotatable bonds is 7. The minimum absolute atomic E-state index is 0.150. The highest BCUT2D eigenvalue weighted by Crippen LogP contribution is 2.29. The summed E-state index contributed by atoms with van der Waals surface area (Å²) < 4.78 is 15.5. The molecule has 0 radical (unpaired) electrons. The van der Waals surface area contributed by atoms with Crippen molar-refractivity contribution in [1.29, 1.82) is 0 Å². The van der Waals surface area contributed by atoms with Crippen molar-refractivity contribution in [2.24, 2.45) is 11.8 Å². The summed E-state index contributed by atoms with van der Waals surface area (Å²) in [6.07, 6.45) is 6.13. The van der Waals surface area contributed by atoms with Crippen molar-refractivity contribution in [2.75, 3.05) is 20.8 Å². The molecule has 1 aromatic carbocycles. The molecule has 148 valence electrons. The van der Waals surface area contributed by atoms with Gasteiger partial charge in [0.2, 0.25) is 0 Å². The number of esters is 1. The van der Waals surface area contributed by atoms with E-state index in [-0.39, 0.29) is 18.6 Å². The number of methoxy groups -OCH3 is 2. The molecule has 0 unspecified atom stereocenters. The van der Waals surface area contributed by atoms with E-state index < -0.39 is 5.97 Å². The molecule has 0 aromatic heterocycles. The van der Waals surface area contributed by atoms with Gasteiger partial charge in [-0.3, -0.25) is 4.79 Å². The lowest BCUT2D eigenvalue weighted by Crippen LogP contribution is -2.45. The van der Waals surface area contributed by atoms with Gasteiger partial charge in [-0.25, -0.2) is 4.79 Å². The number of benzene rings is 1. The highest BCUT2D eigenvalue weighted by molar-refractivity contribution is 5.89. The van der Waals surface area contributed by atoms with Gasteiger partial charge in [0.1, 0.15) is 11.5 Å². The van der Waals surface area contributed by atoms with Crippen LogP contribution in [0.2, 0.25) is 0 Å². The summed E-state index contributed by atoms with van der Waals surface area (Å²) in [6, 6.07) is 5.42. The molecule has 1 saturated carbocycles. The number of carbonyl (C=O) groups excluding carboxylic acids is 2. The lowest BCUT2D eigenvalue weighted by atomic mass is 9.78. The van der Waals surface area contributed by atoms with Crippen LogP contribution in [0.4, 0.5) is 0 Å². The minimum Gasteiger partial charge on any atom is -0.497 e. The first-order valence-electron chi connectivity index (χ1n) is 9.30. The molecule has 3 atom stereocenters. The Morgan fingerprint density at radius 3 is 2.67 bits per heavy atom. The van der Waals surface area contributed by atoms with E-state index in [1.54, 1.807) is 38.5 Å². The van der Waals surface area contributed by atoms with E-state index in [2.05, 4.69) is 19.2 Å². The van der Waals surface area contributed by atoms with Crippen LogP contribution in [0.5, 0.6) is 11.5 Å². The van der Waals surface area contributed by atoms with E-state index >= 15 is 0 Å². The van der Waals surface area contributed by atoms with Gasteiger partial charge in [-0.1, -0.05) is 26.7 Å². The molecule has 1 aromatic rings. The molecule has 0 aliphatic heterocycles. The van der Waals surface area contributed by atoms with Gasteiger partial charge in [0.05, 0.1) is 14.2 Å². The lowest BCUT2D eigenvalue weighted by Gasteiger charge is -2.34. The monoisotopic (exact) mass is 375 g/mol. The minimum atomic E-state index is -0.583. The smallest absolute Gasteiger partial charge is 0.331 e. The van der Waals surface area contributed by atoms with Gasteiger partial charge in [-0.15, -0.1) is 0 Å². The number of nitrogens with one attached hydrogen (secondary N) is 1. The molecule has 1 aliphatic rings. The average Bonchev–Trinajstić information content (AvgIpc) is 2.68. The molecule has 0 saturated heterocycles. The van der Waals surface area contributed by atoms with Gasteiger partial charge in [0.25, 0.3) is 5.91 Å². The first-order chi connectivity index (χ1) is 12.9. The highest BCUT2D eigenvalue weighted by Gasteiger charge is 2.28. The molecule has 1 aliphatic carbocycles. The quantitative estimate of drug-likeness (QED) is 0.585. The standard InChI is InChI=1S/C21H29NO5/c1-14-6-5-7-18(15(14)2)22-20(23)13-27-21(24)11-8-16-12-17(25-3)9-10-19(16)26-4/h8-12,14-15,18H,5-7,13H2,1-4H3,(H,22,23)/b11-8+/t14-,15-,18-/m1/s1. The highest BCUT2D eigenvalue weighted by atomic mass is 16.5. The van der Waals surface area contributed by atoms with E-state index in [1.807, 2.05) is 0 Å². The average molecular weight is 375 g/mol. The predicted octanol–water partition coefficient (Wildman–Crippen LogP) is 3.20. The van der Waals surface area contributed by atoms with E-state index in [1.165, 1.54) is 12.5 Å². The Morgan fingerprint density at radius 1 is 1.19 bits per heavy atom. The van der Waals surface area contributed by atoms with E-state index in [9.17, 15) is 9.59 Å². The van der Waals surface area contributed by atoms with Gasteiger partial charge in [-0.05, 0) is 42.5 Å². The van der Waals surface area contributed by atoms with Crippen LogP contribution in [-0.4, -0.2) is 38.7 Å². The maximum atomic E-state index is 12.1. The Balaban J connectivity index is 1.85. The lowest BCUT2D eigenvalue weighted by molar-refractivity contribution is -0.144. The number of amides is 1. The number of hydrogen-bond acceptors (Lipinski definition) is 5. The number of hydrogen-bond donors (Lipinski definition) is 1. The van der Waals surface area contributed by atoms with Crippen molar-refractivity contribution in [3.8, 4) is 11.5 Å². The van der Waals surface area contributed by atoms with Crippen LogP contribution < -0.4 is 14.8 Å². The van der Waals surface area contributed by atoms with E-state index in [0.29, 0.717) is 28.9 Å². The predicted molar refractivity (Wildman–Crippen MR) is 104 cm³/mol. The zero-order valence-corrected chi connectivity index (χ0v) is 16.5. The summed E-state index contributed by atoms with van der Waals surface area (Å²) in [4.78, 5) is 24.0. The molecule has 1 fully saturated rings. The third-order valence-corrected chi connectivity index (χ3v) is 5.23. The molecular weight excluding hydrogens is 346 g/mol. The topological polar surface area (TPSA) is 73.9 Å². The Bertz CT molecular complexity index is 685. The molecule has 1 amide bonds. The van der Waals surface area contributed by atoms with E-state index in [4.69, 9.17) is 14.2 Å². The van der Waals surface area contributed by atoms with Gasteiger partial charge in [0, 0.05) is 17.7 Å². The van der Waals surface area contributed by atoms with Crippen LogP contribution in [0, 0.1) is 11.8 Å². The maximum absolute atomic E-state index is 12.1. The second kappa shape index (κ2) is 10.00. The molecule has 0 heterocycles. The van der Waals surface area contributed by atoms with Gasteiger partial charge in [0.15, 0.2) is 6.61 Å². The zero-order valence-electron chi connectivity index (χ0n) is 16.5. The zero-order chi connectivity index (χ0) is 19.8. The van der Waals surface area contributed by atoms with Crippen molar-refractivity contribution in [2.45, 2.75) is 39.2 Å². The molecule has 2 rings (SSSR count).